The Labute approximate surface area is 315 Å². The Morgan fingerprint density at radius 2 is 1.60 bits per heavy atom. The standard InChI is InChI=1S/C46H69N3O3/c1-9-10-39(50)49-29-27-48(28-30-49)26-25-47-46-22-17-34(31(2)3)40(46)36-15-16-38-43(6)20-18-35(32-11-13-33(14-12-32)41(51)52)42(4,5)37(43)19-21-45(38,8)44(36,7)23-24-46/h11-14,18,34,36-38,40,47H,2,9-10,15-17,19-30H2,1,3-8H3,(H,51,52)/t34-,36+,37-,38+,40+,43-,44+,45+,46-/m0/s1. The highest BCUT2D eigenvalue weighted by atomic mass is 16.4. The zero-order valence-electron chi connectivity index (χ0n) is 33.7. The number of carboxylic acid groups (broad SMARTS) is 1. The van der Waals surface area contributed by atoms with Crippen LogP contribution in [0.1, 0.15) is 135 Å². The van der Waals surface area contributed by atoms with Crippen LogP contribution in [0, 0.1) is 51.2 Å². The molecule has 5 fully saturated rings. The first-order valence-corrected chi connectivity index (χ1v) is 21.1. The second-order valence-corrected chi connectivity index (χ2v) is 19.7. The summed E-state index contributed by atoms with van der Waals surface area (Å²) in [5, 5.41) is 13.8. The predicted octanol–water partition coefficient (Wildman–Crippen LogP) is 9.32. The maximum Gasteiger partial charge on any atom is 0.335 e. The van der Waals surface area contributed by atoms with Gasteiger partial charge in [0.05, 0.1) is 5.56 Å². The zero-order valence-corrected chi connectivity index (χ0v) is 33.7. The number of rotatable bonds is 9. The minimum atomic E-state index is -0.860. The highest BCUT2D eigenvalue weighted by Crippen LogP contribution is 2.76. The van der Waals surface area contributed by atoms with Gasteiger partial charge in [-0.05, 0) is 146 Å². The van der Waals surface area contributed by atoms with Crippen LogP contribution in [0.4, 0.5) is 0 Å². The summed E-state index contributed by atoms with van der Waals surface area (Å²) in [5.41, 5.74) is 5.44. The molecule has 1 amide bonds. The van der Waals surface area contributed by atoms with E-state index in [1.807, 2.05) is 12.1 Å². The lowest BCUT2D eigenvalue weighted by Gasteiger charge is -2.72. The van der Waals surface area contributed by atoms with Gasteiger partial charge in [-0.2, -0.15) is 0 Å². The fraction of sp³-hybridized carbons (Fsp3) is 0.739. The molecule has 9 atom stereocenters. The van der Waals surface area contributed by atoms with E-state index in [9.17, 15) is 14.7 Å². The number of aromatic carboxylic acids is 1. The highest BCUT2D eigenvalue weighted by molar-refractivity contribution is 5.88. The lowest BCUT2D eigenvalue weighted by molar-refractivity contribution is -0.219. The Hall–Kier alpha value is -2.44. The maximum absolute atomic E-state index is 12.5. The number of allylic oxidation sites excluding steroid dienone is 3. The molecule has 6 aliphatic rings. The van der Waals surface area contributed by atoms with Crippen molar-refractivity contribution in [2.75, 3.05) is 39.3 Å². The number of carbonyl (C=O) groups is 2. The normalized spacial score (nSPS) is 39.8. The van der Waals surface area contributed by atoms with E-state index < -0.39 is 5.97 Å². The van der Waals surface area contributed by atoms with E-state index in [0.29, 0.717) is 58.3 Å². The first kappa shape index (κ1) is 37.9. The molecule has 0 unspecified atom stereocenters. The van der Waals surface area contributed by atoms with Crippen LogP contribution in [-0.2, 0) is 4.79 Å². The number of carbonyl (C=O) groups excluding carboxylic acids is 1. The van der Waals surface area contributed by atoms with E-state index in [1.165, 1.54) is 68.1 Å². The van der Waals surface area contributed by atoms with Gasteiger partial charge in [0.1, 0.15) is 0 Å². The number of carboxylic acids is 1. The molecule has 0 bridgehead atoms. The number of benzene rings is 1. The van der Waals surface area contributed by atoms with Crippen molar-refractivity contribution in [1.29, 1.82) is 0 Å². The van der Waals surface area contributed by atoms with E-state index in [-0.39, 0.29) is 16.4 Å². The molecule has 286 valence electrons. The fourth-order valence-corrected chi connectivity index (χ4v) is 14.4. The number of fused-ring (bicyclic) bond motifs is 7. The summed E-state index contributed by atoms with van der Waals surface area (Å²) in [6.45, 7) is 28.0. The molecule has 1 heterocycles. The molecule has 4 saturated carbocycles. The summed E-state index contributed by atoms with van der Waals surface area (Å²) in [7, 11) is 0. The third-order valence-electron chi connectivity index (χ3n) is 17.2. The summed E-state index contributed by atoms with van der Waals surface area (Å²) >= 11 is 0. The van der Waals surface area contributed by atoms with Gasteiger partial charge in [0.25, 0.3) is 0 Å². The average Bonchev–Trinajstić information content (AvgIpc) is 3.49. The Bertz CT molecular complexity index is 1570. The van der Waals surface area contributed by atoms with Crippen molar-refractivity contribution >= 4 is 17.4 Å². The zero-order chi connectivity index (χ0) is 37.3. The number of amides is 1. The van der Waals surface area contributed by atoms with Gasteiger partial charge in [-0.3, -0.25) is 9.69 Å². The van der Waals surface area contributed by atoms with Gasteiger partial charge in [-0.25, -0.2) is 4.79 Å². The van der Waals surface area contributed by atoms with Crippen molar-refractivity contribution in [2.45, 2.75) is 125 Å². The predicted molar refractivity (Wildman–Crippen MR) is 212 cm³/mol. The minimum Gasteiger partial charge on any atom is -0.478 e. The molecular formula is C46H69N3O3. The molecule has 7 rings (SSSR count). The van der Waals surface area contributed by atoms with E-state index >= 15 is 0 Å². The molecule has 0 radical (unpaired) electrons. The minimum absolute atomic E-state index is 0.0244. The average molecular weight is 712 g/mol. The summed E-state index contributed by atoms with van der Waals surface area (Å²) in [4.78, 5) is 28.7. The van der Waals surface area contributed by atoms with Gasteiger partial charge in [-0.1, -0.05) is 71.9 Å². The van der Waals surface area contributed by atoms with Crippen LogP contribution in [0.15, 0.2) is 42.5 Å². The van der Waals surface area contributed by atoms with Crippen molar-refractivity contribution in [2.24, 2.45) is 51.2 Å². The van der Waals surface area contributed by atoms with E-state index in [0.717, 1.165) is 52.1 Å². The van der Waals surface area contributed by atoms with Crippen molar-refractivity contribution in [3.63, 3.8) is 0 Å². The van der Waals surface area contributed by atoms with Crippen LogP contribution in [0.5, 0.6) is 0 Å². The van der Waals surface area contributed by atoms with Gasteiger partial charge in [0, 0.05) is 51.2 Å². The number of hydrogen-bond donors (Lipinski definition) is 2. The fourth-order valence-electron chi connectivity index (χ4n) is 14.4. The quantitative estimate of drug-likeness (QED) is 0.250. The lowest BCUT2D eigenvalue weighted by atomic mass is 9.33. The van der Waals surface area contributed by atoms with Gasteiger partial charge >= 0.3 is 5.97 Å². The summed E-state index contributed by atoms with van der Waals surface area (Å²) < 4.78 is 0. The third-order valence-corrected chi connectivity index (χ3v) is 17.2. The smallest absolute Gasteiger partial charge is 0.335 e. The van der Waals surface area contributed by atoms with Crippen LogP contribution < -0.4 is 5.32 Å². The Morgan fingerprint density at radius 3 is 2.25 bits per heavy atom. The molecule has 1 aromatic carbocycles. The third kappa shape index (κ3) is 5.87. The molecule has 0 aromatic heterocycles. The molecule has 1 saturated heterocycles. The molecule has 0 spiro atoms. The SMILES string of the molecule is C=C(C)[C@@H]1CC[C@]2(NCCN3CCN(C(=O)CCC)CC3)CC[C@]3(C)[C@H](CC[C@@H]4[C@@]5(C)CC=C(c6ccc(C(=O)O)cc6)C(C)(C)[C@@H]5CC[C@]43C)[C@@H]12. The summed E-state index contributed by atoms with van der Waals surface area (Å²) in [6, 6.07) is 7.63. The monoisotopic (exact) mass is 712 g/mol. The molecule has 2 N–H and O–H groups in total. The Kier molecular flexibility index (Phi) is 9.97. The van der Waals surface area contributed by atoms with E-state index in [1.54, 1.807) is 12.1 Å². The summed E-state index contributed by atoms with van der Waals surface area (Å²) in [5.74, 6) is 2.72. The van der Waals surface area contributed by atoms with Crippen LogP contribution in [0.25, 0.3) is 5.57 Å². The van der Waals surface area contributed by atoms with Crippen LogP contribution in [0.3, 0.4) is 0 Å². The lowest BCUT2D eigenvalue weighted by Crippen LogP contribution is -2.68. The number of nitrogens with one attached hydrogen (secondary N) is 1. The van der Waals surface area contributed by atoms with Crippen LogP contribution >= 0.6 is 0 Å². The molecule has 5 aliphatic carbocycles. The van der Waals surface area contributed by atoms with Gasteiger partial charge in [0.15, 0.2) is 0 Å². The van der Waals surface area contributed by atoms with Gasteiger partial charge < -0.3 is 15.3 Å². The molecule has 6 nitrogen and oxygen atoms in total. The first-order valence-electron chi connectivity index (χ1n) is 21.1. The Balaban J connectivity index is 1.10. The topological polar surface area (TPSA) is 72.9 Å². The van der Waals surface area contributed by atoms with Crippen LogP contribution in [0.2, 0.25) is 0 Å². The molecule has 1 aliphatic heterocycles. The highest BCUT2D eigenvalue weighted by Gasteiger charge is 2.70. The van der Waals surface area contributed by atoms with Crippen molar-refractivity contribution in [3.05, 3.63) is 53.6 Å². The molecule has 6 heteroatoms. The Morgan fingerprint density at radius 1 is 0.885 bits per heavy atom. The van der Waals surface area contributed by atoms with Crippen molar-refractivity contribution in [1.82, 2.24) is 15.1 Å². The second-order valence-electron chi connectivity index (χ2n) is 19.7. The van der Waals surface area contributed by atoms with Crippen molar-refractivity contribution in [3.8, 4) is 0 Å². The van der Waals surface area contributed by atoms with Gasteiger partial charge in [-0.15, -0.1) is 0 Å². The van der Waals surface area contributed by atoms with Crippen LogP contribution in [-0.4, -0.2) is 71.6 Å². The maximum atomic E-state index is 12.5. The first-order chi connectivity index (χ1) is 24.6. The van der Waals surface area contributed by atoms with E-state index in [2.05, 4.69) is 76.2 Å². The molecular weight excluding hydrogens is 643 g/mol. The molecule has 1 aromatic rings. The van der Waals surface area contributed by atoms with Gasteiger partial charge in [0.2, 0.25) is 5.91 Å². The number of hydrogen-bond acceptors (Lipinski definition) is 4. The number of nitrogens with zero attached hydrogens (tertiary/aromatic N) is 2. The number of piperazine rings is 1. The second kappa shape index (κ2) is 13.7. The molecule has 52 heavy (non-hydrogen) atoms. The summed E-state index contributed by atoms with van der Waals surface area (Å²) in [6.07, 6.45) is 15.6. The van der Waals surface area contributed by atoms with Crippen molar-refractivity contribution < 1.29 is 14.7 Å². The van der Waals surface area contributed by atoms with E-state index in [4.69, 9.17) is 0 Å². The largest absolute Gasteiger partial charge is 0.478 e.